The molecular formula is C18H13BrO2. The van der Waals surface area contributed by atoms with Gasteiger partial charge in [-0.2, -0.15) is 0 Å². The second kappa shape index (κ2) is 5.70. The smallest absolute Gasteiger partial charge is 0.193 e. The average Bonchev–Trinajstić information content (AvgIpc) is 2.53. The maximum Gasteiger partial charge on any atom is 0.193 e. The van der Waals surface area contributed by atoms with Crippen LogP contribution in [0, 0.1) is 0 Å². The van der Waals surface area contributed by atoms with Gasteiger partial charge in [-0.05, 0) is 29.7 Å². The molecule has 0 unspecified atom stereocenters. The lowest BCUT2D eigenvalue weighted by molar-refractivity contribution is 0.104. The number of rotatable bonds is 3. The molecule has 0 fully saturated rings. The Morgan fingerprint density at radius 3 is 2.43 bits per heavy atom. The number of benzene rings is 3. The zero-order chi connectivity index (χ0) is 14.8. The third-order valence-electron chi connectivity index (χ3n) is 3.44. The van der Waals surface area contributed by atoms with E-state index in [1.807, 2.05) is 60.7 Å². The summed E-state index contributed by atoms with van der Waals surface area (Å²) in [6.07, 6.45) is 0. The minimum Gasteiger partial charge on any atom is -0.496 e. The van der Waals surface area contributed by atoms with Crippen molar-refractivity contribution < 1.29 is 9.53 Å². The van der Waals surface area contributed by atoms with Crippen molar-refractivity contribution in [2.24, 2.45) is 0 Å². The molecule has 21 heavy (non-hydrogen) atoms. The fourth-order valence-corrected chi connectivity index (χ4v) is 2.83. The van der Waals surface area contributed by atoms with E-state index in [2.05, 4.69) is 15.9 Å². The normalized spacial score (nSPS) is 10.6. The molecule has 3 aromatic rings. The lowest BCUT2D eigenvalue weighted by Gasteiger charge is -2.10. The monoisotopic (exact) mass is 340 g/mol. The minimum absolute atomic E-state index is 0.00940. The molecule has 0 heterocycles. The first-order chi connectivity index (χ1) is 10.2. The van der Waals surface area contributed by atoms with Crippen molar-refractivity contribution in [3.05, 3.63) is 76.3 Å². The van der Waals surface area contributed by atoms with Gasteiger partial charge in [-0.15, -0.1) is 0 Å². The zero-order valence-electron chi connectivity index (χ0n) is 11.5. The molecule has 3 aromatic carbocycles. The molecule has 2 nitrogen and oxygen atoms in total. The number of carbonyl (C=O) groups is 1. The molecule has 0 radical (unpaired) electrons. The first-order valence-corrected chi connectivity index (χ1v) is 7.36. The SMILES string of the molecule is COc1ccc(C(=O)c2cccc(Br)c2)c2ccccc12. The summed E-state index contributed by atoms with van der Waals surface area (Å²) in [6.45, 7) is 0. The largest absolute Gasteiger partial charge is 0.496 e. The third-order valence-corrected chi connectivity index (χ3v) is 3.93. The molecule has 0 aliphatic heterocycles. The molecule has 0 atom stereocenters. The van der Waals surface area contributed by atoms with Crippen LogP contribution in [0.1, 0.15) is 15.9 Å². The lowest BCUT2D eigenvalue weighted by atomic mass is 9.97. The molecule has 104 valence electrons. The van der Waals surface area contributed by atoms with Crippen molar-refractivity contribution >= 4 is 32.5 Å². The van der Waals surface area contributed by atoms with Crippen molar-refractivity contribution in [2.45, 2.75) is 0 Å². The van der Waals surface area contributed by atoms with E-state index in [1.54, 1.807) is 7.11 Å². The van der Waals surface area contributed by atoms with Crippen LogP contribution in [0.4, 0.5) is 0 Å². The Morgan fingerprint density at radius 2 is 1.71 bits per heavy atom. The summed E-state index contributed by atoms with van der Waals surface area (Å²) in [4.78, 5) is 12.8. The van der Waals surface area contributed by atoms with Gasteiger partial charge < -0.3 is 4.74 Å². The topological polar surface area (TPSA) is 26.3 Å². The summed E-state index contributed by atoms with van der Waals surface area (Å²) in [7, 11) is 1.64. The van der Waals surface area contributed by atoms with Gasteiger partial charge in [0.15, 0.2) is 5.78 Å². The van der Waals surface area contributed by atoms with Gasteiger partial charge >= 0.3 is 0 Å². The van der Waals surface area contributed by atoms with E-state index in [0.717, 1.165) is 21.0 Å². The highest BCUT2D eigenvalue weighted by Crippen LogP contribution is 2.29. The number of hydrogen-bond donors (Lipinski definition) is 0. The van der Waals surface area contributed by atoms with Gasteiger partial charge in [0.1, 0.15) is 5.75 Å². The van der Waals surface area contributed by atoms with Gasteiger partial charge in [0.25, 0.3) is 0 Å². The van der Waals surface area contributed by atoms with E-state index in [1.165, 1.54) is 0 Å². The van der Waals surface area contributed by atoms with Crippen molar-refractivity contribution in [2.75, 3.05) is 7.11 Å². The number of methoxy groups -OCH3 is 1. The van der Waals surface area contributed by atoms with Crippen molar-refractivity contribution in [1.29, 1.82) is 0 Å². The number of ketones is 1. The van der Waals surface area contributed by atoms with E-state index < -0.39 is 0 Å². The fraction of sp³-hybridized carbons (Fsp3) is 0.0556. The molecule has 0 aliphatic rings. The van der Waals surface area contributed by atoms with Crippen LogP contribution in [0.15, 0.2) is 65.1 Å². The quantitative estimate of drug-likeness (QED) is 0.637. The van der Waals surface area contributed by atoms with Crippen LogP contribution < -0.4 is 4.74 Å². The average molecular weight is 341 g/mol. The number of halogens is 1. The molecule has 0 aromatic heterocycles. The maximum absolute atomic E-state index is 12.8. The van der Waals surface area contributed by atoms with Gasteiger partial charge in [-0.25, -0.2) is 0 Å². The van der Waals surface area contributed by atoms with Crippen LogP contribution in [-0.2, 0) is 0 Å². The van der Waals surface area contributed by atoms with Gasteiger partial charge in [0.05, 0.1) is 7.11 Å². The Morgan fingerprint density at radius 1 is 0.952 bits per heavy atom. The highest BCUT2D eigenvalue weighted by atomic mass is 79.9. The predicted molar refractivity (Wildman–Crippen MR) is 88.1 cm³/mol. The van der Waals surface area contributed by atoms with Crippen LogP contribution in [0.2, 0.25) is 0 Å². The summed E-state index contributed by atoms with van der Waals surface area (Å²) in [5.41, 5.74) is 1.35. The van der Waals surface area contributed by atoms with Crippen LogP contribution in [0.25, 0.3) is 10.8 Å². The maximum atomic E-state index is 12.8. The second-order valence-corrected chi connectivity index (χ2v) is 5.62. The number of hydrogen-bond acceptors (Lipinski definition) is 2. The molecule has 0 bridgehead atoms. The molecule has 0 aliphatic carbocycles. The lowest BCUT2D eigenvalue weighted by Crippen LogP contribution is -2.02. The standard InChI is InChI=1S/C18H13BrO2/c1-21-17-10-9-16(14-7-2-3-8-15(14)17)18(20)12-5-4-6-13(19)11-12/h2-11H,1H3. The van der Waals surface area contributed by atoms with Crippen LogP contribution in [0.5, 0.6) is 5.75 Å². The second-order valence-electron chi connectivity index (χ2n) is 4.70. The Balaban J connectivity index is 2.19. The van der Waals surface area contributed by atoms with E-state index >= 15 is 0 Å². The van der Waals surface area contributed by atoms with Gasteiger partial charge in [-0.1, -0.05) is 52.3 Å². The zero-order valence-corrected chi connectivity index (χ0v) is 13.1. The van der Waals surface area contributed by atoms with Crippen LogP contribution in [0.3, 0.4) is 0 Å². The summed E-state index contributed by atoms with van der Waals surface area (Å²) < 4.78 is 6.26. The molecule has 3 heteroatoms. The molecule has 0 saturated heterocycles. The van der Waals surface area contributed by atoms with Gasteiger partial charge in [-0.3, -0.25) is 4.79 Å². The van der Waals surface area contributed by atoms with E-state index in [0.29, 0.717) is 11.1 Å². The van der Waals surface area contributed by atoms with E-state index in [9.17, 15) is 4.79 Å². The Bertz CT molecular complexity index is 824. The van der Waals surface area contributed by atoms with Crippen molar-refractivity contribution in [3.63, 3.8) is 0 Å². The molecule has 0 amide bonds. The molecule has 0 spiro atoms. The van der Waals surface area contributed by atoms with Crippen molar-refractivity contribution in [3.8, 4) is 5.75 Å². The summed E-state index contributed by atoms with van der Waals surface area (Å²) in [5, 5.41) is 1.85. The first-order valence-electron chi connectivity index (χ1n) is 6.56. The predicted octanol–water partition coefficient (Wildman–Crippen LogP) is 4.84. The Kier molecular flexibility index (Phi) is 3.76. The Hall–Kier alpha value is -2.13. The highest BCUT2D eigenvalue weighted by molar-refractivity contribution is 9.10. The summed E-state index contributed by atoms with van der Waals surface area (Å²) >= 11 is 3.40. The highest BCUT2D eigenvalue weighted by Gasteiger charge is 2.14. The number of carbonyl (C=O) groups excluding carboxylic acids is 1. The van der Waals surface area contributed by atoms with E-state index in [-0.39, 0.29) is 5.78 Å². The fourth-order valence-electron chi connectivity index (χ4n) is 2.43. The molecule has 3 rings (SSSR count). The van der Waals surface area contributed by atoms with Crippen LogP contribution >= 0.6 is 15.9 Å². The molecular weight excluding hydrogens is 328 g/mol. The van der Waals surface area contributed by atoms with Gasteiger partial charge in [0.2, 0.25) is 0 Å². The van der Waals surface area contributed by atoms with E-state index in [4.69, 9.17) is 4.74 Å². The molecule has 0 N–H and O–H groups in total. The summed E-state index contributed by atoms with van der Waals surface area (Å²) in [6, 6.07) is 18.9. The van der Waals surface area contributed by atoms with Crippen LogP contribution in [-0.4, -0.2) is 12.9 Å². The Labute approximate surface area is 131 Å². The molecule has 0 saturated carbocycles. The van der Waals surface area contributed by atoms with Gasteiger partial charge in [0, 0.05) is 21.0 Å². The summed E-state index contributed by atoms with van der Waals surface area (Å²) in [5.74, 6) is 0.784. The third kappa shape index (κ3) is 2.57. The first kappa shape index (κ1) is 13.8. The number of fused-ring (bicyclic) bond motifs is 1. The van der Waals surface area contributed by atoms with Crippen molar-refractivity contribution in [1.82, 2.24) is 0 Å². The minimum atomic E-state index is 0.00940. The number of ether oxygens (including phenoxy) is 1.